The highest BCUT2D eigenvalue weighted by Crippen LogP contribution is 2.17. The first kappa shape index (κ1) is 11.4. The monoisotopic (exact) mass is 212 g/mol. The van der Waals surface area contributed by atoms with Crippen LogP contribution in [0.4, 0.5) is 0 Å². The van der Waals surface area contributed by atoms with E-state index in [2.05, 4.69) is 4.98 Å². The van der Waals surface area contributed by atoms with Gasteiger partial charge in [-0.3, -0.25) is 4.79 Å². The molecule has 4 N–H and O–H groups in total. The lowest BCUT2D eigenvalue weighted by atomic mass is 10.1. The molecule has 0 aliphatic rings. The highest BCUT2D eigenvalue weighted by molar-refractivity contribution is 5.79. The number of aliphatic hydroxyl groups is 2. The van der Waals surface area contributed by atoms with E-state index >= 15 is 0 Å². The SMILES string of the molecule is COc1ccc(C(O)C(O)C(N)=O)cn1. The average Bonchev–Trinajstić information content (AvgIpc) is 2.27. The third-order valence-corrected chi connectivity index (χ3v) is 1.90. The zero-order chi connectivity index (χ0) is 11.4. The molecule has 0 spiro atoms. The van der Waals surface area contributed by atoms with E-state index in [0.717, 1.165) is 0 Å². The van der Waals surface area contributed by atoms with Gasteiger partial charge in [-0.1, -0.05) is 0 Å². The minimum atomic E-state index is -1.64. The molecule has 2 atom stereocenters. The summed E-state index contributed by atoms with van der Waals surface area (Å²) < 4.78 is 4.81. The minimum Gasteiger partial charge on any atom is -0.481 e. The first-order chi connectivity index (χ1) is 7.06. The van der Waals surface area contributed by atoms with Gasteiger partial charge in [0.15, 0.2) is 6.10 Å². The molecule has 1 amide bonds. The maximum absolute atomic E-state index is 10.6. The summed E-state index contributed by atoms with van der Waals surface area (Å²) in [7, 11) is 1.46. The molecule has 0 aromatic carbocycles. The zero-order valence-corrected chi connectivity index (χ0v) is 8.12. The number of aliphatic hydroxyl groups excluding tert-OH is 2. The topological polar surface area (TPSA) is 106 Å². The van der Waals surface area contributed by atoms with Crippen LogP contribution in [0.5, 0.6) is 5.88 Å². The Hall–Kier alpha value is -1.66. The second-order valence-electron chi connectivity index (χ2n) is 2.93. The fraction of sp³-hybridized carbons (Fsp3) is 0.333. The van der Waals surface area contributed by atoms with Gasteiger partial charge in [0.1, 0.15) is 6.10 Å². The van der Waals surface area contributed by atoms with Crippen LogP contribution in [0, 0.1) is 0 Å². The van der Waals surface area contributed by atoms with Crippen molar-refractivity contribution >= 4 is 5.91 Å². The molecule has 1 aromatic heterocycles. The van der Waals surface area contributed by atoms with Crippen LogP contribution in [-0.4, -0.2) is 34.3 Å². The number of primary amides is 1. The van der Waals surface area contributed by atoms with Crippen LogP contribution in [0.1, 0.15) is 11.7 Å². The van der Waals surface area contributed by atoms with Gasteiger partial charge in [-0.15, -0.1) is 0 Å². The number of nitrogens with zero attached hydrogens (tertiary/aromatic N) is 1. The second kappa shape index (κ2) is 4.72. The van der Waals surface area contributed by atoms with Crippen LogP contribution in [0.3, 0.4) is 0 Å². The predicted octanol–water partition coefficient (Wildman–Crippen LogP) is -1.03. The van der Waals surface area contributed by atoms with Crippen molar-refractivity contribution in [3.05, 3.63) is 23.9 Å². The summed E-state index contributed by atoms with van der Waals surface area (Å²) in [6.45, 7) is 0. The Bertz CT molecular complexity index is 338. The Kier molecular flexibility index (Phi) is 3.59. The van der Waals surface area contributed by atoms with E-state index in [1.54, 1.807) is 0 Å². The zero-order valence-electron chi connectivity index (χ0n) is 8.12. The van der Waals surface area contributed by atoms with Gasteiger partial charge in [-0.2, -0.15) is 0 Å². The molecule has 0 saturated carbocycles. The lowest BCUT2D eigenvalue weighted by Crippen LogP contribution is -2.33. The summed E-state index contributed by atoms with van der Waals surface area (Å²) in [5.74, 6) is -0.613. The first-order valence-corrected chi connectivity index (χ1v) is 4.21. The van der Waals surface area contributed by atoms with Crippen molar-refractivity contribution in [3.63, 3.8) is 0 Å². The number of carbonyl (C=O) groups excluding carboxylic acids is 1. The number of hydrogen-bond acceptors (Lipinski definition) is 5. The van der Waals surface area contributed by atoms with E-state index in [9.17, 15) is 15.0 Å². The predicted molar refractivity (Wildman–Crippen MR) is 51.0 cm³/mol. The molecule has 82 valence electrons. The maximum atomic E-state index is 10.6. The number of hydrogen-bond donors (Lipinski definition) is 3. The molecule has 0 saturated heterocycles. The van der Waals surface area contributed by atoms with Crippen LogP contribution in [0.2, 0.25) is 0 Å². The molecule has 0 aliphatic carbocycles. The van der Waals surface area contributed by atoms with Crippen molar-refractivity contribution in [3.8, 4) is 5.88 Å². The summed E-state index contributed by atoms with van der Waals surface area (Å²) in [6.07, 6.45) is -1.71. The Balaban J connectivity index is 2.82. The lowest BCUT2D eigenvalue weighted by molar-refractivity contribution is -0.131. The van der Waals surface area contributed by atoms with Gasteiger partial charge in [0.05, 0.1) is 7.11 Å². The molecule has 2 unspecified atom stereocenters. The number of pyridine rings is 1. The van der Waals surface area contributed by atoms with Crippen molar-refractivity contribution in [1.82, 2.24) is 4.98 Å². The fourth-order valence-corrected chi connectivity index (χ4v) is 1.03. The Morgan fingerprint density at radius 1 is 1.53 bits per heavy atom. The average molecular weight is 212 g/mol. The van der Waals surface area contributed by atoms with Crippen LogP contribution in [0.15, 0.2) is 18.3 Å². The molecule has 15 heavy (non-hydrogen) atoms. The first-order valence-electron chi connectivity index (χ1n) is 4.21. The standard InChI is InChI=1S/C9H12N2O4/c1-15-6-3-2-5(4-11-6)7(12)8(13)9(10)14/h2-4,7-8,12-13H,1H3,(H2,10,14). The number of nitrogens with two attached hydrogens (primary N) is 1. The Labute approximate surface area is 86.3 Å². The summed E-state index contributed by atoms with van der Waals surface area (Å²) >= 11 is 0. The maximum Gasteiger partial charge on any atom is 0.249 e. The number of amides is 1. The van der Waals surface area contributed by atoms with Gasteiger partial charge in [0.2, 0.25) is 11.8 Å². The van der Waals surface area contributed by atoms with E-state index in [1.165, 1.54) is 25.4 Å². The number of ether oxygens (including phenoxy) is 1. The third-order valence-electron chi connectivity index (χ3n) is 1.90. The molecule has 6 heteroatoms. The highest BCUT2D eigenvalue weighted by atomic mass is 16.5. The van der Waals surface area contributed by atoms with Gasteiger partial charge in [0, 0.05) is 17.8 Å². The molecule has 0 radical (unpaired) electrons. The van der Waals surface area contributed by atoms with Crippen LogP contribution in [0.25, 0.3) is 0 Å². The lowest BCUT2D eigenvalue weighted by Gasteiger charge is -2.14. The molecule has 6 nitrogen and oxygen atoms in total. The van der Waals surface area contributed by atoms with Crippen molar-refractivity contribution in [2.24, 2.45) is 5.73 Å². The van der Waals surface area contributed by atoms with Gasteiger partial charge in [-0.05, 0) is 6.07 Å². The fourth-order valence-electron chi connectivity index (χ4n) is 1.03. The second-order valence-corrected chi connectivity index (χ2v) is 2.93. The minimum absolute atomic E-state index is 0.294. The molecule has 1 rings (SSSR count). The van der Waals surface area contributed by atoms with Crippen molar-refractivity contribution in [1.29, 1.82) is 0 Å². The highest BCUT2D eigenvalue weighted by Gasteiger charge is 2.23. The van der Waals surface area contributed by atoms with E-state index in [-0.39, 0.29) is 0 Å². The third kappa shape index (κ3) is 2.64. The van der Waals surface area contributed by atoms with Crippen LogP contribution < -0.4 is 10.5 Å². The molecule has 0 bridgehead atoms. The van der Waals surface area contributed by atoms with Gasteiger partial charge in [-0.25, -0.2) is 4.98 Å². The number of aromatic nitrogens is 1. The molecule has 0 aliphatic heterocycles. The van der Waals surface area contributed by atoms with Crippen LogP contribution >= 0.6 is 0 Å². The van der Waals surface area contributed by atoms with E-state index < -0.39 is 18.1 Å². The van der Waals surface area contributed by atoms with E-state index in [0.29, 0.717) is 11.4 Å². The summed E-state index contributed by atoms with van der Waals surface area (Å²) in [5.41, 5.74) is 5.13. The molecular weight excluding hydrogens is 200 g/mol. The summed E-state index contributed by atoms with van der Waals surface area (Å²) in [5, 5.41) is 18.7. The van der Waals surface area contributed by atoms with Crippen molar-refractivity contribution < 1.29 is 19.7 Å². The van der Waals surface area contributed by atoms with Gasteiger partial charge < -0.3 is 20.7 Å². The Morgan fingerprint density at radius 3 is 2.60 bits per heavy atom. The Morgan fingerprint density at radius 2 is 2.20 bits per heavy atom. The van der Waals surface area contributed by atoms with Gasteiger partial charge in [0.25, 0.3) is 0 Å². The van der Waals surface area contributed by atoms with Gasteiger partial charge >= 0.3 is 0 Å². The summed E-state index contributed by atoms with van der Waals surface area (Å²) in [4.78, 5) is 14.4. The molecule has 1 heterocycles. The van der Waals surface area contributed by atoms with E-state index in [1.807, 2.05) is 0 Å². The van der Waals surface area contributed by atoms with Crippen LogP contribution in [-0.2, 0) is 4.79 Å². The van der Waals surface area contributed by atoms with Crippen molar-refractivity contribution in [2.75, 3.05) is 7.11 Å². The number of methoxy groups -OCH3 is 1. The number of carbonyl (C=O) groups is 1. The summed E-state index contributed by atoms with van der Waals surface area (Å²) in [6, 6.07) is 2.99. The smallest absolute Gasteiger partial charge is 0.249 e. The van der Waals surface area contributed by atoms with Crippen molar-refractivity contribution in [2.45, 2.75) is 12.2 Å². The quantitative estimate of drug-likeness (QED) is 0.591. The largest absolute Gasteiger partial charge is 0.481 e. The molecule has 1 aromatic rings. The molecule has 0 fully saturated rings. The normalized spacial score (nSPS) is 14.3. The molecular formula is C9H12N2O4. The van der Waals surface area contributed by atoms with E-state index in [4.69, 9.17) is 10.5 Å². The number of rotatable bonds is 4.